The fraction of sp³-hybridized carbons (Fsp3) is 0. The van der Waals surface area contributed by atoms with E-state index in [-0.39, 0.29) is 0 Å². The average molecular weight is 611 g/mol. The Morgan fingerprint density at radius 2 is 1.02 bits per heavy atom. The molecule has 0 spiro atoms. The largest absolute Gasteiger partial charge is 0.309 e. The second-order valence-corrected chi connectivity index (χ2v) is 12.7. The molecule has 0 bridgehead atoms. The van der Waals surface area contributed by atoms with Gasteiger partial charge in [0.25, 0.3) is 0 Å². The van der Waals surface area contributed by atoms with Gasteiger partial charge in [0, 0.05) is 61.5 Å². The minimum atomic E-state index is 1.00. The molecular formula is C44H26N4. The minimum Gasteiger partial charge on any atom is -0.309 e. The second kappa shape index (κ2) is 9.50. The highest BCUT2D eigenvalue weighted by molar-refractivity contribution is 6.15. The van der Waals surface area contributed by atoms with E-state index in [0.717, 1.165) is 27.9 Å². The van der Waals surface area contributed by atoms with Crippen molar-refractivity contribution in [2.45, 2.75) is 0 Å². The van der Waals surface area contributed by atoms with Gasteiger partial charge >= 0.3 is 0 Å². The molecule has 0 amide bonds. The van der Waals surface area contributed by atoms with E-state index in [0.29, 0.717) is 0 Å². The van der Waals surface area contributed by atoms with Gasteiger partial charge in [0.05, 0.1) is 39.6 Å². The molecule has 1 aliphatic rings. The predicted molar refractivity (Wildman–Crippen MR) is 198 cm³/mol. The fourth-order valence-corrected chi connectivity index (χ4v) is 8.07. The van der Waals surface area contributed by atoms with E-state index < -0.39 is 0 Å². The van der Waals surface area contributed by atoms with Crippen LogP contribution in [0.15, 0.2) is 158 Å². The lowest BCUT2D eigenvalue weighted by Gasteiger charge is -2.11. The van der Waals surface area contributed by atoms with Crippen LogP contribution in [0.3, 0.4) is 0 Å². The average Bonchev–Trinajstić information content (AvgIpc) is 3.78. The molecular weight excluding hydrogens is 585 g/mol. The molecule has 222 valence electrons. The summed E-state index contributed by atoms with van der Waals surface area (Å²) in [5.74, 6) is 0. The molecule has 0 fully saturated rings. The van der Waals surface area contributed by atoms with Crippen LogP contribution >= 0.6 is 0 Å². The van der Waals surface area contributed by atoms with Crippen LogP contribution in [0.4, 0.5) is 0 Å². The Morgan fingerprint density at radius 1 is 0.396 bits per heavy atom. The molecule has 4 aromatic heterocycles. The third kappa shape index (κ3) is 3.43. The summed E-state index contributed by atoms with van der Waals surface area (Å²) < 4.78 is 4.73. The highest BCUT2D eigenvalue weighted by Crippen LogP contribution is 2.47. The minimum absolute atomic E-state index is 1.00. The monoisotopic (exact) mass is 610 g/mol. The van der Waals surface area contributed by atoms with Crippen molar-refractivity contribution < 1.29 is 0 Å². The maximum Gasteiger partial charge on any atom is 0.0804 e. The van der Waals surface area contributed by atoms with Gasteiger partial charge in [0.15, 0.2) is 0 Å². The van der Waals surface area contributed by atoms with E-state index in [1.165, 1.54) is 71.4 Å². The number of aromatic nitrogens is 4. The van der Waals surface area contributed by atoms with Gasteiger partial charge in [-0.05, 0) is 71.3 Å². The molecule has 6 aromatic carbocycles. The standard InChI is InChI=1S/C44H26N4/c1-2-10-30(11-3-1)47-39-15-6-4-12-32(39)35-21-27(17-19-41(35)47)28-18-20-42-36(22-28)33-13-5-7-16-40(33)48(42)31-23-37-34-14-8-9-29-24-45-26-38(43(29)34)44(37)46-25-31/h1-26H. The highest BCUT2D eigenvalue weighted by Gasteiger charge is 2.24. The number of hydrogen-bond donors (Lipinski definition) is 0. The first-order valence-electron chi connectivity index (χ1n) is 16.3. The van der Waals surface area contributed by atoms with Crippen LogP contribution in [-0.2, 0) is 0 Å². The lowest BCUT2D eigenvalue weighted by Crippen LogP contribution is -1.96. The van der Waals surface area contributed by atoms with Gasteiger partial charge in [-0.3, -0.25) is 9.97 Å². The molecule has 4 heterocycles. The van der Waals surface area contributed by atoms with Crippen molar-refractivity contribution in [3.05, 3.63) is 158 Å². The quantitative estimate of drug-likeness (QED) is 0.199. The maximum atomic E-state index is 5.05. The van der Waals surface area contributed by atoms with Crippen LogP contribution in [-0.4, -0.2) is 19.1 Å². The normalized spacial score (nSPS) is 12.2. The van der Waals surface area contributed by atoms with Crippen LogP contribution in [0, 0.1) is 0 Å². The van der Waals surface area contributed by atoms with Gasteiger partial charge in [-0.25, -0.2) is 0 Å². The molecule has 0 aliphatic heterocycles. The summed E-state index contributed by atoms with van der Waals surface area (Å²) in [6.07, 6.45) is 5.90. The van der Waals surface area contributed by atoms with Crippen LogP contribution in [0.2, 0.25) is 0 Å². The summed E-state index contributed by atoms with van der Waals surface area (Å²) in [5, 5.41) is 7.36. The number of nitrogens with zero attached hydrogens (tertiary/aromatic N) is 4. The first kappa shape index (κ1) is 25.6. The summed E-state index contributed by atoms with van der Waals surface area (Å²) >= 11 is 0. The Labute approximate surface area is 275 Å². The van der Waals surface area contributed by atoms with Crippen molar-refractivity contribution in [3.63, 3.8) is 0 Å². The molecule has 4 heteroatoms. The second-order valence-electron chi connectivity index (χ2n) is 12.7. The van der Waals surface area contributed by atoms with Crippen LogP contribution < -0.4 is 0 Å². The summed E-state index contributed by atoms with van der Waals surface area (Å²) in [7, 11) is 0. The summed E-state index contributed by atoms with van der Waals surface area (Å²) in [4.78, 5) is 9.55. The van der Waals surface area contributed by atoms with Gasteiger partial charge < -0.3 is 9.13 Å². The molecule has 0 radical (unpaired) electrons. The van der Waals surface area contributed by atoms with Crippen LogP contribution in [0.1, 0.15) is 0 Å². The molecule has 0 saturated heterocycles. The maximum absolute atomic E-state index is 5.05. The molecule has 0 atom stereocenters. The Balaban J connectivity index is 1.10. The third-order valence-corrected chi connectivity index (χ3v) is 10.2. The van der Waals surface area contributed by atoms with Gasteiger partial charge in [0.2, 0.25) is 0 Å². The Hall–Kier alpha value is -6.52. The highest BCUT2D eigenvalue weighted by atomic mass is 15.0. The van der Waals surface area contributed by atoms with Gasteiger partial charge in [0.1, 0.15) is 0 Å². The molecule has 1 aliphatic carbocycles. The van der Waals surface area contributed by atoms with Crippen LogP contribution in [0.25, 0.3) is 99.3 Å². The molecule has 0 saturated carbocycles. The number of rotatable bonds is 3. The topological polar surface area (TPSA) is 35.6 Å². The number of fused-ring (bicyclic) bond motifs is 9. The fourth-order valence-electron chi connectivity index (χ4n) is 8.07. The van der Waals surface area contributed by atoms with Crippen molar-refractivity contribution in [2.24, 2.45) is 0 Å². The number of para-hydroxylation sites is 3. The van der Waals surface area contributed by atoms with Crippen molar-refractivity contribution in [1.29, 1.82) is 0 Å². The molecule has 11 rings (SSSR count). The van der Waals surface area contributed by atoms with E-state index in [9.17, 15) is 0 Å². The van der Waals surface area contributed by atoms with Gasteiger partial charge in [-0.1, -0.05) is 84.9 Å². The van der Waals surface area contributed by atoms with Gasteiger partial charge in [-0.2, -0.15) is 0 Å². The van der Waals surface area contributed by atoms with Crippen molar-refractivity contribution in [1.82, 2.24) is 19.1 Å². The Bertz CT molecular complexity index is 2940. The number of hydrogen-bond acceptors (Lipinski definition) is 2. The summed E-state index contributed by atoms with van der Waals surface area (Å²) in [6.45, 7) is 0. The zero-order valence-electron chi connectivity index (χ0n) is 25.8. The zero-order chi connectivity index (χ0) is 31.3. The van der Waals surface area contributed by atoms with E-state index in [1.54, 1.807) is 0 Å². The lowest BCUT2D eigenvalue weighted by molar-refractivity contribution is 1.15. The molecule has 0 unspecified atom stereocenters. The zero-order valence-corrected chi connectivity index (χ0v) is 25.8. The number of pyridine rings is 2. The van der Waals surface area contributed by atoms with Gasteiger partial charge in [-0.15, -0.1) is 0 Å². The Kier molecular flexibility index (Phi) is 5.08. The van der Waals surface area contributed by atoms with E-state index in [4.69, 9.17) is 4.98 Å². The first-order chi connectivity index (χ1) is 23.8. The lowest BCUT2D eigenvalue weighted by atomic mass is 10.0. The van der Waals surface area contributed by atoms with Crippen LogP contribution in [0.5, 0.6) is 0 Å². The first-order valence-corrected chi connectivity index (χ1v) is 16.3. The summed E-state index contributed by atoms with van der Waals surface area (Å²) in [5.41, 5.74) is 13.9. The van der Waals surface area contributed by atoms with Crippen molar-refractivity contribution in [3.8, 4) is 44.9 Å². The Morgan fingerprint density at radius 3 is 1.73 bits per heavy atom. The van der Waals surface area contributed by atoms with Crippen molar-refractivity contribution >= 4 is 54.4 Å². The third-order valence-electron chi connectivity index (χ3n) is 10.2. The SMILES string of the molecule is c1ccc(-n2c3ccccc3c3cc(-c4ccc5c(c4)c4ccccc4n5-c4cnc5c(c4)-c4cccc6cncc-5c46)ccc32)cc1. The molecule has 0 N–H and O–H groups in total. The van der Waals surface area contributed by atoms with E-state index in [2.05, 4.69) is 154 Å². The number of benzene rings is 6. The van der Waals surface area contributed by atoms with E-state index >= 15 is 0 Å². The molecule has 4 nitrogen and oxygen atoms in total. The molecule has 48 heavy (non-hydrogen) atoms. The van der Waals surface area contributed by atoms with Crippen molar-refractivity contribution in [2.75, 3.05) is 0 Å². The molecule has 10 aromatic rings. The van der Waals surface area contributed by atoms with E-state index in [1.807, 2.05) is 18.6 Å². The smallest absolute Gasteiger partial charge is 0.0804 e. The predicted octanol–water partition coefficient (Wildman–Crippen LogP) is 11.1. The summed E-state index contributed by atoms with van der Waals surface area (Å²) in [6, 6.07) is 50.6.